The van der Waals surface area contributed by atoms with Crippen LogP contribution in [0.1, 0.15) is 35.4 Å². The molecule has 0 unspecified atom stereocenters. The Morgan fingerprint density at radius 2 is 2.05 bits per heavy atom. The number of rotatable bonds is 4. The number of anilines is 1. The lowest BCUT2D eigenvalue weighted by Crippen LogP contribution is -2.13. The van der Waals surface area contributed by atoms with Crippen LogP contribution in [0.15, 0.2) is 24.3 Å². The lowest BCUT2D eigenvalue weighted by molar-refractivity contribution is 0.102. The molecule has 0 bridgehead atoms. The molecule has 0 spiro atoms. The summed E-state index contributed by atoms with van der Waals surface area (Å²) in [5.74, 6) is 0.639. The zero-order valence-corrected chi connectivity index (χ0v) is 11.7. The smallest absolute Gasteiger partial charge is 0.276 e. The van der Waals surface area contributed by atoms with Gasteiger partial charge in [-0.1, -0.05) is 18.5 Å². The highest BCUT2D eigenvalue weighted by Gasteiger charge is 2.14. The molecule has 1 amide bonds. The number of aryl methyl sites for hydroxylation is 2. The SMILES string of the molecule is CCCc1nc(C(=O)Nc2ccc(Cl)cc2)c(C)[nH]1. The molecule has 4 nitrogen and oxygen atoms in total. The molecule has 0 radical (unpaired) electrons. The van der Waals surface area contributed by atoms with E-state index in [4.69, 9.17) is 11.6 Å². The average molecular weight is 278 g/mol. The van der Waals surface area contributed by atoms with E-state index >= 15 is 0 Å². The van der Waals surface area contributed by atoms with Crippen molar-refractivity contribution in [3.63, 3.8) is 0 Å². The molecule has 0 aliphatic rings. The number of halogens is 1. The first kappa shape index (κ1) is 13.6. The van der Waals surface area contributed by atoms with Crippen molar-refractivity contribution in [3.05, 3.63) is 46.5 Å². The molecule has 0 aliphatic carbocycles. The number of carbonyl (C=O) groups is 1. The van der Waals surface area contributed by atoms with Crippen LogP contribution in [0.4, 0.5) is 5.69 Å². The van der Waals surface area contributed by atoms with Crippen LogP contribution in [0.2, 0.25) is 5.02 Å². The van der Waals surface area contributed by atoms with E-state index in [9.17, 15) is 4.79 Å². The minimum atomic E-state index is -0.210. The van der Waals surface area contributed by atoms with Crippen molar-refractivity contribution in [1.29, 1.82) is 0 Å². The van der Waals surface area contributed by atoms with E-state index in [2.05, 4.69) is 22.2 Å². The predicted molar refractivity (Wildman–Crippen MR) is 76.7 cm³/mol. The van der Waals surface area contributed by atoms with Gasteiger partial charge < -0.3 is 10.3 Å². The second-order valence-corrected chi connectivity index (χ2v) is 4.80. The first-order valence-electron chi connectivity index (χ1n) is 6.22. The number of nitrogens with one attached hydrogen (secondary N) is 2. The van der Waals surface area contributed by atoms with Gasteiger partial charge in [0.25, 0.3) is 5.91 Å². The van der Waals surface area contributed by atoms with Crippen molar-refractivity contribution in [1.82, 2.24) is 9.97 Å². The minimum absolute atomic E-state index is 0.210. The first-order chi connectivity index (χ1) is 9.10. The summed E-state index contributed by atoms with van der Waals surface area (Å²) in [5, 5.41) is 3.44. The third kappa shape index (κ3) is 3.35. The van der Waals surface area contributed by atoms with Gasteiger partial charge >= 0.3 is 0 Å². The van der Waals surface area contributed by atoms with E-state index in [1.54, 1.807) is 24.3 Å². The molecular weight excluding hydrogens is 262 g/mol. The minimum Gasteiger partial charge on any atom is -0.345 e. The highest BCUT2D eigenvalue weighted by Crippen LogP contribution is 2.15. The molecule has 0 aliphatic heterocycles. The van der Waals surface area contributed by atoms with Gasteiger partial charge in [-0.25, -0.2) is 4.98 Å². The Labute approximate surface area is 117 Å². The maximum Gasteiger partial charge on any atom is 0.276 e. The van der Waals surface area contributed by atoms with Crippen molar-refractivity contribution in [2.45, 2.75) is 26.7 Å². The molecule has 0 atom stereocenters. The summed E-state index contributed by atoms with van der Waals surface area (Å²) >= 11 is 5.80. The number of benzene rings is 1. The summed E-state index contributed by atoms with van der Waals surface area (Å²) in [5.41, 5.74) is 1.93. The standard InChI is InChI=1S/C14H16ClN3O/c1-3-4-12-16-9(2)13(18-12)14(19)17-11-7-5-10(15)6-8-11/h5-8H,3-4H2,1-2H3,(H,16,18)(H,17,19). The highest BCUT2D eigenvalue weighted by molar-refractivity contribution is 6.30. The van der Waals surface area contributed by atoms with Crippen LogP contribution in [0, 0.1) is 6.92 Å². The van der Waals surface area contributed by atoms with E-state index in [-0.39, 0.29) is 5.91 Å². The largest absolute Gasteiger partial charge is 0.345 e. The zero-order chi connectivity index (χ0) is 13.8. The quantitative estimate of drug-likeness (QED) is 0.897. The van der Waals surface area contributed by atoms with Gasteiger partial charge in [0, 0.05) is 22.8 Å². The molecule has 100 valence electrons. The predicted octanol–water partition coefficient (Wildman–Crippen LogP) is 3.58. The molecule has 1 heterocycles. The van der Waals surface area contributed by atoms with E-state index in [0.29, 0.717) is 16.4 Å². The van der Waals surface area contributed by atoms with Gasteiger partial charge in [-0.15, -0.1) is 0 Å². The summed E-state index contributed by atoms with van der Waals surface area (Å²) in [6.07, 6.45) is 1.83. The Balaban J connectivity index is 2.13. The van der Waals surface area contributed by atoms with Crippen molar-refractivity contribution >= 4 is 23.2 Å². The second-order valence-electron chi connectivity index (χ2n) is 4.37. The maximum atomic E-state index is 12.1. The number of carbonyl (C=O) groups excluding carboxylic acids is 1. The Bertz CT molecular complexity index is 575. The monoisotopic (exact) mass is 277 g/mol. The highest BCUT2D eigenvalue weighted by atomic mass is 35.5. The Hall–Kier alpha value is -1.81. The van der Waals surface area contributed by atoms with Crippen LogP contribution in [-0.2, 0) is 6.42 Å². The molecule has 19 heavy (non-hydrogen) atoms. The number of amides is 1. The number of aromatic amines is 1. The molecule has 2 N–H and O–H groups in total. The van der Waals surface area contributed by atoms with Crippen LogP contribution in [0.3, 0.4) is 0 Å². The molecule has 1 aromatic heterocycles. The Kier molecular flexibility index (Phi) is 4.22. The van der Waals surface area contributed by atoms with Gasteiger partial charge in [0.05, 0.1) is 0 Å². The van der Waals surface area contributed by atoms with Crippen LogP contribution in [-0.4, -0.2) is 15.9 Å². The molecule has 0 saturated heterocycles. The molecule has 1 aromatic carbocycles. The first-order valence-corrected chi connectivity index (χ1v) is 6.60. The molecule has 0 fully saturated rings. The lowest BCUT2D eigenvalue weighted by atomic mass is 10.3. The number of hydrogen-bond acceptors (Lipinski definition) is 2. The van der Waals surface area contributed by atoms with E-state index in [1.165, 1.54) is 0 Å². The van der Waals surface area contributed by atoms with E-state index < -0.39 is 0 Å². The molecule has 0 saturated carbocycles. The molecule has 2 rings (SSSR count). The van der Waals surface area contributed by atoms with Crippen LogP contribution in [0.5, 0.6) is 0 Å². The van der Waals surface area contributed by atoms with Crippen molar-refractivity contribution in [3.8, 4) is 0 Å². The fraction of sp³-hybridized carbons (Fsp3) is 0.286. The van der Waals surface area contributed by atoms with Crippen molar-refractivity contribution in [2.24, 2.45) is 0 Å². The summed E-state index contributed by atoms with van der Waals surface area (Å²) in [6.45, 7) is 3.92. The lowest BCUT2D eigenvalue weighted by Gasteiger charge is -2.03. The normalized spacial score (nSPS) is 10.5. The Morgan fingerprint density at radius 1 is 1.37 bits per heavy atom. The fourth-order valence-corrected chi connectivity index (χ4v) is 1.95. The maximum absolute atomic E-state index is 12.1. The number of imidazole rings is 1. The van der Waals surface area contributed by atoms with Gasteiger partial charge in [-0.2, -0.15) is 0 Å². The van der Waals surface area contributed by atoms with Gasteiger partial charge in [-0.05, 0) is 37.6 Å². The van der Waals surface area contributed by atoms with Crippen LogP contribution >= 0.6 is 11.6 Å². The summed E-state index contributed by atoms with van der Waals surface area (Å²) < 4.78 is 0. The number of hydrogen-bond donors (Lipinski definition) is 2. The van der Waals surface area contributed by atoms with Gasteiger partial charge in [0.2, 0.25) is 0 Å². The summed E-state index contributed by atoms with van der Waals surface area (Å²) in [4.78, 5) is 19.6. The molecular formula is C14H16ClN3O. The second kappa shape index (κ2) is 5.89. The van der Waals surface area contributed by atoms with E-state index in [0.717, 1.165) is 24.4 Å². The van der Waals surface area contributed by atoms with Gasteiger partial charge in [0.15, 0.2) is 0 Å². The van der Waals surface area contributed by atoms with Crippen molar-refractivity contribution < 1.29 is 4.79 Å². The summed E-state index contributed by atoms with van der Waals surface area (Å²) in [6, 6.07) is 6.98. The number of aromatic nitrogens is 2. The van der Waals surface area contributed by atoms with E-state index in [1.807, 2.05) is 6.92 Å². The van der Waals surface area contributed by atoms with Gasteiger partial charge in [-0.3, -0.25) is 4.79 Å². The Morgan fingerprint density at radius 3 is 2.68 bits per heavy atom. The van der Waals surface area contributed by atoms with Crippen LogP contribution in [0.25, 0.3) is 0 Å². The number of H-pyrrole nitrogens is 1. The molecule has 2 aromatic rings. The third-order valence-electron chi connectivity index (χ3n) is 2.74. The molecule has 5 heteroatoms. The topological polar surface area (TPSA) is 57.8 Å². The zero-order valence-electron chi connectivity index (χ0n) is 11.0. The average Bonchev–Trinajstić information content (AvgIpc) is 2.74. The third-order valence-corrected chi connectivity index (χ3v) is 2.99. The van der Waals surface area contributed by atoms with Gasteiger partial charge in [0.1, 0.15) is 11.5 Å². The summed E-state index contributed by atoms with van der Waals surface area (Å²) in [7, 11) is 0. The van der Waals surface area contributed by atoms with Crippen molar-refractivity contribution in [2.75, 3.05) is 5.32 Å². The van der Waals surface area contributed by atoms with Crippen LogP contribution < -0.4 is 5.32 Å². The fourth-order valence-electron chi connectivity index (χ4n) is 1.82. The number of nitrogens with zero attached hydrogens (tertiary/aromatic N) is 1.